The van der Waals surface area contributed by atoms with Crippen molar-refractivity contribution in [2.75, 3.05) is 14.2 Å². The molecule has 0 bridgehead atoms. The van der Waals surface area contributed by atoms with Crippen LogP contribution in [0.5, 0.6) is 0 Å². The van der Waals surface area contributed by atoms with E-state index in [1.807, 2.05) is 121 Å². The van der Waals surface area contributed by atoms with Crippen molar-refractivity contribution in [3.8, 4) is 0 Å². The van der Waals surface area contributed by atoms with Crippen LogP contribution in [0.3, 0.4) is 0 Å². The molecule has 0 radical (unpaired) electrons. The standard InChI is InChI=1S/C34H32BN3O5/c1-40-33(24-15-7-3-8-16-24,25-17-9-4-10-18-25)30-31(43-35(42-30)29-23-28(29)32(39)37-38-36)34(41-2,26-19-11-5-12-20-26)27-21-13-6-14-22-27/h3-22,28-31H,23H2,1-2H3/t28-,29+,30+,31+/m0/s1. The second-order valence-electron chi connectivity index (χ2n) is 10.9. The van der Waals surface area contributed by atoms with E-state index in [-0.39, 0.29) is 5.82 Å². The molecule has 216 valence electrons. The average Bonchev–Trinajstić information content (AvgIpc) is 3.76. The van der Waals surface area contributed by atoms with Gasteiger partial charge in [-0.3, -0.25) is 4.79 Å². The third-order valence-electron chi connectivity index (χ3n) is 8.74. The predicted octanol–water partition coefficient (Wildman–Crippen LogP) is 6.67. The van der Waals surface area contributed by atoms with Crippen molar-refractivity contribution in [2.24, 2.45) is 11.0 Å². The molecule has 4 atom stereocenters. The number of azide groups is 1. The summed E-state index contributed by atoms with van der Waals surface area (Å²) in [7, 11) is 2.58. The summed E-state index contributed by atoms with van der Waals surface area (Å²) in [6, 6.07) is 39.8. The molecule has 1 aliphatic carbocycles. The maximum Gasteiger partial charge on any atom is 0.461 e. The van der Waals surface area contributed by atoms with Gasteiger partial charge in [-0.1, -0.05) is 121 Å². The van der Waals surface area contributed by atoms with E-state index >= 15 is 0 Å². The molecule has 1 aliphatic heterocycles. The average molecular weight is 573 g/mol. The molecule has 2 aliphatic rings. The number of methoxy groups -OCH3 is 2. The molecule has 1 heterocycles. The van der Waals surface area contributed by atoms with Crippen LogP contribution >= 0.6 is 0 Å². The fourth-order valence-electron chi connectivity index (χ4n) is 6.64. The fraction of sp³-hybridized carbons (Fsp3) is 0.265. The smallest absolute Gasteiger partial charge is 0.402 e. The lowest BCUT2D eigenvalue weighted by atomic mass is 9.71. The number of rotatable bonds is 10. The minimum Gasteiger partial charge on any atom is -0.402 e. The minimum atomic E-state index is -1.13. The van der Waals surface area contributed by atoms with Gasteiger partial charge in [-0.15, -0.1) is 0 Å². The maximum atomic E-state index is 12.5. The molecule has 43 heavy (non-hydrogen) atoms. The van der Waals surface area contributed by atoms with Crippen molar-refractivity contribution in [3.63, 3.8) is 0 Å². The van der Waals surface area contributed by atoms with E-state index in [4.69, 9.17) is 24.3 Å². The third-order valence-corrected chi connectivity index (χ3v) is 8.74. The van der Waals surface area contributed by atoms with Crippen LogP contribution in [0.1, 0.15) is 28.7 Å². The Bertz CT molecular complexity index is 1410. The first-order valence-electron chi connectivity index (χ1n) is 14.3. The summed E-state index contributed by atoms with van der Waals surface area (Å²) >= 11 is 0. The van der Waals surface area contributed by atoms with E-state index in [1.54, 1.807) is 14.2 Å². The Hall–Kier alpha value is -4.24. The van der Waals surface area contributed by atoms with Gasteiger partial charge in [-0.25, -0.2) is 0 Å². The molecule has 0 N–H and O–H groups in total. The normalized spacial score (nSPS) is 21.7. The lowest BCUT2D eigenvalue weighted by Gasteiger charge is -2.47. The summed E-state index contributed by atoms with van der Waals surface area (Å²) in [5.74, 6) is -1.27. The van der Waals surface area contributed by atoms with E-state index in [0.717, 1.165) is 22.3 Å². The van der Waals surface area contributed by atoms with Gasteiger partial charge in [-0.2, -0.15) is 0 Å². The number of carbonyl (C=O) groups excluding carboxylic acids is 1. The molecule has 0 aromatic heterocycles. The topological polar surface area (TPSA) is 103 Å². The SMILES string of the molecule is COC(c1ccccc1)(c1ccccc1)[C@@H]1OB([C@@H]2C[C@@H]2C(=O)N=[N+]=[N-])O[C@H]1C(OC)(c1ccccc1)c1ccccc1. The molecule has 0 spiro atoms. The Labute approximate surface area is 251 Å². The summed E-state index contributed by atoms with van der Waals surface area (Å²) in [6.07, 6.45) is -0.998. The van der Waals surface area contributed by atoms with Crippen LogP contribution < -0.4 is 0 Å². The molecular formula is C34H32BN3O5. The Morgan fingerprint density at radius 2 is 1.07 bits per heavy atom. The molecule has 1 saturated carbocycles. The number of carbonyl (C=O) groups is 1. The van der Waals surface area contributed by atoms with Gasteiger partial charge in [0.2, 0.25) is 5.91 Å². The van der Waals surface area contributed by atoms with Gasteiger partial charge in [0.1, 0.15) is 23.4 Å². The summed E-state index contributed by atoms with van der Waals surface area (Å²) in [6.45, 7) is 0. The fourth-order valence-corrected chi connectivity index (χ4v) is 6.64. The van der Waals surface area contributed by atoms with Crippen LogP contribution in [0.15, 0.2) is 126 Å². The van der Waals surface area contributed by atoms with E-state index in [0.29, 0.717) is 6.42 Å². The molecule has 0 unspecified atom stereocenters. The zero-order chi connectivity index (χ0) is 29.9. The van der Waals surface area contributed by atoms with E-state index < -0.39 is 42.4 Å². The highest BCUT2D eigenvalue weighted by atomic mass is 16.7. The lowest BCUT2D eigenvalue weighted by Crippen LogP contribution is -2.56. The molecule has 4 aromatic carbocycles. The highest BCUT2D eigenvalue weighted by Crippen LogP contribution is 2.56. The number of benzene rings is 4. The van der Waals surface area contributed by atoms with Crippen LogP contribution in [0, 0.1) is 5.92 Å². The first-order valence-corrected chi connectivity index (χ1v) is 14.3. The second-order valence-corrected chi connectivity index (χ2v) is 10.9. The summed E-state index contributed by atoms with van der Waals surface area (Å²) in [5.41, 5.74) is 10.1. The number of ether oxygens (including phenoxy) is 2. The molecule has 1 saturated heterocycles. The van der Waals surface area contributed by atoms with E-state index in [9.17, 15) is 4.79 Å². The van der Waals surface area contributed by atoms with Crippen LogP contribution in [0.4, 0.5) is 0 Å². The largest absolute Gasteiger partial charge is 0.461 e. The molecule has 6 rings (SSSR count). The quantitative estimate of drug-likeness (QED) is 0.0913. The molecule has 8 nitrogen and oxygen atoms in total. The van der Waals surface area contributed by atoms with Crippen LogP contribution in [-0.4, -0.2) is 39.5 Å². The van der Waals surface area contributed by atoms with Crippen LogP contribution in [0.25, 0.3) is 10.4 Å². The van der Waals surface area contributed by atoms with Gasteiger partial charge in [0.25, 0.3) is 0 Å². The summed E-state index contributed by atoms with van der Waals surface area (Å²) in [4.78, 5) is 15.3. The van der Waals surface area contributed by atoms with Crippen LogP contribution in [0.2, 0.25) is 5.82 Å². The van der Waals surface area contributed by atoms with Gasteiger partial charge in [0.05, 0.1) is 0 Å². The van der Waals surface area contributed by atoms with Crippen molar-refractivity contribution in [1.29, 1.82) is 0 Å². The zero-order valence-electron chi connectivity index (χ0n) is 24.0. The van der Waals surface area contributed by atoms with Crippen LogP contribution in [-0.2, 0) is 34.8 Å². The predicted molar refractivity (Wildman–Crippen MR) is 163 cm³/mol. The molecule has 9 heteroatoms. The third kappa shape index (κ3) is 4.95. The first kappa shape index (κ1) is 28.9. The van der Waals surface area contributed by atoms with Gasteiger partial charge >= 0.3 is 7.12 Å². The second kappa shape index (κ2) is 12.2. The van der Waals surface area contributed by atoms with Gasteiger partial charge in [0, 0.05) is 30.9 Å². The lowest BCUT2D eigenvalue weighted by molar-refractivity contribution is -0.136. The van der Waals surface area contributed by atoms with E-state index in [1.165, 1.54) is 0 Å². The zero-order valence-corrected chi connectivity index (χ0v) is 24.0. The summed E-state index contributed by atoms with van der Waals surface area (Å²) < 4.78 is 27.1. The summed E-state index contributed by atoms with van der Waals surface area (Å²) in [5, 5.41) is 3.35. The Morgan fingerprint density at radius 3 is 1.37 bits per heavy atom. The van der Waals surface area contributed by atoms with Crippen molar-refractivity contribution in [2.45, 2.75) is 35.6 Å². The van der Waals surface area contributed by atoms with Gasteiger partial charge in [0.15, 0.2) is 0 Å². The number of nitrogens with zero attached hydrogens (tertiary/aromatic N) is 3. The van der Waals surface area contributed by atoms with Crippen molar-refractivity contribution < 1.29 is 23.6 Å². The monoisotopic (exact) mass is 573 g/mol. The Balaban J connectivity index is 1.58. The van der Waals surface area contributed by atoms with Gasteiger partial charge < -0.3 is 18.8 Å². The highest BCUT2D eigenvalue weighted by Gasteiger charge is 2.66. The van der Waals surface area contributed by atoms with E-state index in [2.05, 4.69) is 10.0 Å². The molecule has 4 aromatic rings. The molecule has 2 fully saturated rings. The highest BCUT2D eigenvalue weighted by molar-refractivity contribution is 6.49. The maximum absolute atomic E-state index is 12.5. The molecular weight excluding hydrogens is 541 g/mol. The number of hydrogen-bond acceptors (Lipinski definition) is 5. The Kier molecular flexibility index (Phi) is 8.17. The number of amides is 1. The van der Waals surface area contributed by atoms with Crippen molar-refractivity contribution in [1.82, 2.24) is 0 Å². The Morgan fingerprint density at radius 1 is 0.721 bits per heavy atom. The van der Waals surface area contributed by atoms with Crippen molar-refractivity contribution >= 4 is 13.0 Å². The number of hydrogen-bond donors (Lipinski definition) is 0. The van der Waals surface area contributed by atoms with Crippen molar-refractivity contribution in [3.05, 3.63) is 154 Å². The van der Waals surface area contributed by atoms with Gasteiger partial charge in [-0.05, 0) is 39.3 Å². The molecule has 1 amide bonds. The minimum absolute atomic E-state index is 0.285. The first-order chi connectivity index (χ1) is 21.1.